The van der Waals surface area contributed by atoms with Gasteiger partial charge in [0, 0.05) is 17.5 Å². The smallest absolute Gasteiger partial charge is 0.266 e. The molecule has 2 aliphatic rings. The number of piperidine rings is 1. The maximum atomic E-state index is 13.3. The minimum absolute atomic E-state index is 0.0206. The second-order valence-electron chi connectivity index (χ2n) is 11.4. The van der Waals surface area contributed by atoms with Crippen LogP contribution in [-0.4, -0.2) is 63.1 Å². The van der Waals surface area contributed by atoms with E-state index in [0.29, 0.717) is 25.0 Å². The molecule has 6 heteroatoms. The zero-order valence-electron chi connectivity index (χ0n) is 22.4. The molecular weight excluding hydrogens is 438 g/mol. The van der Waals surface area contributed by atoms with Crippen LogP contribution in [0.5, 0.6) is 0 Å². The van der Waals surface area contributed by atoms with Gasteiger partial charge in [-0.1, -0.05) is 37.3 Å². The number of aliphatic hydroxyl groups is 1. The van der Waals surface area contributed by atoms with Gasteiger partial charge in [0.2, 0.25) is 5.91 Å². The number of likely N-dealkylation sites (tertiary alicyclic amines) is 1. The van der Waals surface area contributed by atoms with Crippen LogP contribution < -0.4 is 0 Å². The van der Waals surface area contributed by atoms with E-state index in [1.165, 1.54) is 10.5 Å². The summed E-state index contributed by atoms with van der Waals surface area (Å²) in [6.07, 6.45) is 6.12. The Hall–Kier alpha value is -2.47. The molecule has 1 N–H and O–H groups in total. The Bertz CT molecular complexity index is 960. The van der Waals surface area contributed by atoms with Gasteiger partial charge < -0.3 is 5.11 Å². The number of hydrogen-bond donors (Lipinski definition) is 1. The van der Waals surface area contributed by atoms with Crippen LogP contribution in [0.3, 0.4) is 0 Å². The molecule has 1 aromatic carbocycles. The first-order valence-corrected chi connectivity index (χ1v) is 13.1. The number of aliphatic hydroxyl groups excluding tert-OH is 1. The number of aliphatic imine (C=N–C) groups is 1. The fourth-order valence-corrected chi connectivity index (χ4v) is 5.55. The molecule has 2 amide bonds. The van der Waals surface area contributed by atoms with Crippen molar-refractivity contribution in [2.75, 3.05) is 13.6 Å². The number of amides is 2. The summed E-state index contributed by atoms with van der Waals surface area (Å²) in [6.45, 7) is 10.8. The molecule has 6 nitrogen and oxygen atoms in total. The Balaban J connectivity index is 1.83. The largest absolute Gasteiger partial charge is 0.509 e. The van der Waals surface area contributed by atoms with Gasteiger partial charge in [-0.15, -0.1) is 0 Å². The Labute approximate surface area is 211 Å². The van der Waals surface area contributed by atoms with Crippen molar-refractivity contribution in [1.29, 1.82) is 0 Å². The fourth-order valence-electron chi connectivity index (χ4n) is 5.55. The summed E-state index contributed by atoms with van der Waals surface area (Å²) in [5.41, 5.74) is 2.14. The molecular formula is C29H43N3O3. The number of carbonyl (C=O) groups excluding carboxylic acids is 2. The highest BCUT2D eigenvalue weighted by Gasteiger charge is 2.44. The minimum Gasteiger partial charge on any atom is -0.509 e. The van der Waals surface area contributed by atoms with E-state index in [4.69, 9.17) is 4.99 Å². The van der Waals surface area contributed by atoms with E-state index in [2.05, 4.69) is 51.8 Å². The maximum Gasteiger partial charge on any atom is 0.266 e. The molecule has 0 spiro atoms. The first-order chi connectivity index (χ1) is 16.5. The first kappa shape index (κ1) is 27.1. The molecule has 0 radical (unpaired) electrons. The molecule has 0 bridgehead atoms. The van der Waals surface area contributed by atoms with Crippen LogP contribution in [0.25, 0.3) is 0 Å². The van der Waals surface area contributed by atoms with Crippen molar-refractivity contribution in [2.24, 2.45) is 4.99 Å². The van der Waals surface area contributed by atoms with Crippen molar-refractivity contribution in [2.45, 2.75) is 103 Å². The monoisotopic (exact) mass is 481 g/mol. The summed E-state index contributed by atoms with van der Waals surface area (Å²) < 4.78 is 0. The number of rotatable bonds is 9. The van der Waals surface area contributed by atoms with E-state index in [-0.39, 0.29) is 40.9 Å². The molecule has 35 heavy (non-hydrogen) atoms. The average molecular weight is 482 g/mol. The number of nitrogens with zero attached hydrogens (tertiary/aromatic N) is 3. The molecule has 0 unspecified atom stereocenters. The normalized spacial score (nSPS) is 21.1. The summed E-state index contributed by atoms with van der Waals surface area (Å²) in [6, 6.07) is 10.4. The molecule has 0 aromatic heterocycles. The lowest BCUT2D eigenvalue weighted by Crippen LogP contribution is -2.59. The third-order valence-electron chi connectivity index (χ3n) is 7.71. The Morgan fingerprint density at radius 2 is 1.69 bits per heavy atom. The molecule has 0 aliphatic carbocycles. The number of unbranched alkanes of at least 4 members (excludes halogenated alkanes) is 1. The Kier molecular flexibility index (Phi) is 8.58. The third kappa shape index (κ3) is 6.40. The molecule has 1 aromatic rings. The van der Waals surface area contributed by atoms with Crippen LogP contribution in [0.2, 0.25) is 0 Å². The van der Waals surface area contributed by atoms with E-state index in [0.717, 1.165) is 32.1 Å². The van der Waals surface area contributed by atoms with Crippen LogP contribution in [0.4, 0.5) is 0 Å². The molecule has 2 aliphatic heterocycles. The van der Waals surface area contributed by atoms with Gasteiger partial charge in [-0.25, -0.2) is 0 Å². The third-order valence-corrected chi connectivity index (χ3v) is 7.71. The van der Waals surface area contributed by atoms with Crippen LogP contribution in [0, 0.1) is 0 Å². The second kappa shape index (κ2) is 11.1. The topological polar surface area (TPSA) is 73.2 Å². The number of aryl methyl sites for hydroxylation is 1. The molecule has 0 saturated carbocycles. The highest BCUT2D eigenvalue weighted by Crippen LogP contribution is 2.38. The standard InChI is InChI=1S/C29H43N3O3/c1-7-13-25(34)32-20-24(33)26(27(32)35)23(17-12-11-16-21-14-9-8-10-15-21)30-22-18-28(2,3)31(6)29(4,5)19-22/h8-10,14-15,22,33H,7,11-13,16-20H2,1-6H3. The van der Waals surface area contributed by atoms with Gasteiger partial charge in [-0.2, -0.15) is 0 Å². The van der Waals surface area contributed by atoms with Crippen molar-refractivity contribution < 1.29 is 14.7 Å². The number of imide groups is 1. The predicted octanol–water partition coefficient (Wildman–Crippen LogP) is 5.47. The molecule has 192 valence electrons. The summed E-state index contributed by atoms with van der Waals surface area (Å²) in [4.78, 5) is 34.5. The quantitative estimate of drug-likeness (QED) is 0.375. The molecule has 0 atom stereocenters. The fraction of sp³-hybridized carbons (Fsp3) is 0.621. The van der Waals surface area contributed by atoms with Gasteiger partial charge in [-0.05, 0) is 85.3 Å². The number of carbonyl (C=O) groups is 2. The first-order valence-electron chi connectivity index (χ1n) is 13.1. The SMILES string of the molecule is CCCC(=O)N1CC(O)=C(C(CCCCc2ccccc2)=NC2CC(C)(C)N(C)C(C)(C)C2)C1=O. The zero-order chi connectivity index (χ0) is 25.8. The van der Waals surface area contributed by atoms with Crippen molar-refractivity contribution in [1.82, 2.24) is 9.80 Å². The van der Waals surface area contributed by atoms with Gasteiger partial charge in [0.05, 0.1) is 18.3 Å². The van der Waals surface area contributed by atoms with E-state index in [9.17, 15) is 14.7 Å². The zero-order valence-corrected chi connectivity index (χ0v) is 22.4. The molecule has 1 saturated heterocycles. The van der Waals surface area contributed by atoms with Crippen LogP contribution in [0.15, 0.2) is 46.7 Å². The Morgan fingerprint density at radius 1 is 1.06 bits per heavy atom. The van der Waals surface area contributed by atoms with Crippen LogP contribution in [0.1, 0.15) is 85.1 Å². The number of benzene rings is 1. The van der Waals surface area contributed by atoms with Crippen molar-refractivity contribution >= 4 is 17.5 Å². The van der Waals surface area contributed by atoms with E-state index >= 15 is 0 Å². The summed E-state index contributed by atoms with van der Waals surface area (Å²) in [7, 11) is 2.16. The van der Waals surface area contributed by atoms with E-state index in [1.54, 1.807) is 0 Å². The lowest BCUT2D eigenvalue weighted by molar-refractivity contribution is -0.140. The Morgan fingerprint density at radius 3 is 2.29 bits per heavy atom. The summed E-state index contributed by atoms with van der Waals surface area (Å²) >= 11 is 0. The van der Waals surface area contributed by atoms with Crippen LogP contribution >= 0.6 is 0 Å². The van der Waals surface area contributed by atoms with Gasteiger partial charge >= 0.3 is 0 Å². The second-order valence-corrected chi connectivity index (χ2v) is 11.4. The van der Waals surface area contributed by atoms with E-state index < -0.39 is 5.91 Å². The minimum atomic E-state index is -0.394. The molecule has 1 fully saturated rings. The highest BCUT2D eigenvalue weighted by molar-refractivity contribution is 6.26. The lowest BCUT2D eigenvalue weighted by atomic mass is 9.77. The highest BCUT2D eigenvalue weighted by atomic mass is 16.3. The van der Waals surface area contributed by atoms with Gasteiger partial charge in [0.1, 0.15) is 11.3 Å². The summed E-state index contributed by atoms with van der Waals surface area (Å²) in [5, 5.41) is 10.8. The van der Waals surface area contributed by atoms with Crippen LogP contribution in [-0.2, 0) is 16.0 Å². The predicted molar refractivity (Wildman–Crippen MR) is 142 cm³/mol. The average Bonchev–Trinajstić information content (AvgIpc) is 3.08. The molecule has 3 rings (SSSR count). The van der Waals surface area contributed by atoms with Gasteiger partial charge in [0.25, 0.3) is 5.91 Å². The van der Waals surface area contributed by atoms with Crippen molar-refractivity contribution in [3.8, 4) is 0 Å². The summed E-state index contributed by atoms with van der Waals surface area (Å²) in [5.74, 6) is -0.647. The van der Waals surface area contributed by atoms with Gasteiger partial charge in [-0.3, -0.25) is 24.4 Å². The molecule has 2 heterocycles. The van der Waals surface area contributed by atoms with Gasteiger partial charge in [0.15, 0.2) is 0 Å². The van der Waals surface area contributed by atoms with Crippen molar-refractivity contribution in [3.05, 3.63) is 47.2 Å². The number of hydrogen-bond acceptors (Lipinski definition) is 5. The lowest BCUT2D eigenvalue weighted by Gasteiger charge is -2.53. The maximum absolute atomic E-state index is 13.3. The van der Waals surface area contributed by atoms with Crippen molar-refractivity contribution in [3.63, 3.8) is 0 Å². The van der Waals surface area contributed by atoms with E-state index in [1.807, 2.05) is 25.1 Å².